The maximum atomic E-state index is 13.6. The zero-order valence-electron chi connectivity index (χ0n) is 11.8. The van der Waals surface area contributed by atoms with Crippen molar-refractivity contribution in [2.75, 3.05) is 0 Å². The molecule has 6 heteroatoms. The van der Waals surface area contributed by atoms with Gasteiger partial charge in [0.15, 0.2) is 23.2 Å². The SMILES string of the molecule is CCc1cc(CC(=O)c2ccc(F)c(F)c2F)n(CC)n1. The van der Waals surface area contributed by atoms with E-state index in [1.807, 2.05) is 13.8 Å². The summed E-state index contributed by atoms with van der Waals surface area (Å²) in [6, 6.07) is 3.48. The van der Waals surface area contributed by atoms with Gasteiger partial charge in [-0.15, -0.1) is 0 Å². The van der Waals surface area contributed by atoms with Crippen LogP contribution in [0.2, 0.25) is 0 Å². The number of nitrogens with zero attached hydrogens (tertiary/aromatic N) is 2. The van der Waals surface area contributed by atoms with Crippen LogP contribution >= 0.6 is 0 Å². The van der Waals surface area contributed by atoms with Crippen LogP contribution in [-0.4, -0.2) is 15.6 Å². The third-order valence-corrected chi connectivity index (χ3v) is 3.25. The van der Waals surface area contributed by atoms with E-state index >= 15 is 0 Å². The fourth-order valence-electron chi connectivity index (χ4n) is 2.10. The summed E-state index contributed by atoms with van der Waals surface area (Å²) in [6.07, 6.45) is 0.608. The lowest BCUT2D eigenvalue weighted by atomic mass is 10.1. The molecule has 0 radical (unpaired) electrons. The number of aromatic nitrogens is 2. The molecule has 0 amide bonds. The number of aryl methyl sites for hydroxylation is 2. The lowest BCUT2D eigenvalue weighted by Gasteiger charge is -2.06. The van der Waals surface area contributed by atoms with Crippen molar-refractivity contribution < 1.29 is 18.0 Å². The van der Waals surface area contributed by atoms with E-state index in [-0.39, 0.29) is 6.42 Å². The summed E-state index contributed by atoms with van der Waals surface area (Å²) < 4.78 is 41.3. The molecule has 0 spiro atoms. The molecule has 0 atom stereocenters. The number of hydrogen-bond donors (Lipinski definition) is 0. The lowest BCUT2D eigenvalue weighted by molar-refractivity contribution is 0.0985. The highest BCUT2D eigenvalue weighted by atomic mass is 19.2. The second-order valence-corrected chi connectivity index (χ2v) is 4.62. The Bertz CT molecular complexity index is 680. The van der Waals surface area contributed by atoms with E-state index in [1.54, 1.807) is 10.7 Å². The van der Waals surface area contributed by atoms with E-state index in [4.69, 9.17) is 0 Å². The van der Waals surface area contributed by atoms with E-state index in [2.05, 4.69) is 5.10 Å². The Hall–Kier alpha value is -2.11. The van der Waals surface area contributed by atoms with Crippen LogP contribution in [0.25, 0.3) is 0 Å². The first-order chi connectivity index (χ1) is 9.97. The standard InChI is InChI=1S/C15H15F3N2O/c1-3-9-7-10(20(4-2)19-9)8-13(21)11-5-6-12(16)15(18)14(11)17/h5-7H,3-4,8H2,1-2H3. The molecule has 1 heterocycles. The van der Waals surface area contributed by atoms with Crippen molar-refractivity contribution in [3.63, 3.8) is 0 Å². The molecule has 2 aromatic rings. The predicted octanol–water partition coefficient (Wildman–Crippen LogP) is 3.31. The molecular formula is C15H15F3N2O. The van der Waals surface area contributed by atoms with Gasteiger partial charge < -0.3 is 0 Å². The fourth-order valence-corrected chi connectivity index (χ4v) is 2.10. The predicted molar refractivity (Wildman–Crippen MR) is 71.6 cm³/mol. The van der Waals surface area contributed by atoms with E-state index in [1.165, 1.54) is 0 Å². The van der Waals surface area contributed by atoms with Gasteiger partial charge >= 0.3 is 0 Å². The van der Waals surface area contributed by atoms with Crippen LogP contribution in [0.15, 0.2) is 18.2 Å². The largest absolute Gasteiger partial charge is 0.294 e. The number of rotatable bonds is 5. The van der Waals surface area contributed by atoms with Crippen molar-refractivity contribution in [1.82, 2.24) is 9.78 Å². The molecule has 0 aliphatic heterocycles. The van der Waals surface area contributed by atoms with Gasteiger partial charge in [0, 0.05) is 12.2 Å². The number of benzene rings is 1. The topological polar surface area (TPSA) is 34.9 Å². The quantitative estimate of drug-likeness (QED) is 0.627. The summed E-state index contributed by atoms with van der Waals surface area (Å²) in [7, 11) is 0. The van der Waals surface area contributed by atoms with E-state index in [0.717, 1.165) is 17.8 Å². The molecule has 112 valence electrons. The first-order valence-electron chi connectivity index (χ1n) is 6.70. The fraction of sp³-hybridized carbons (Fsp3) is 0.333. The van der Waals surface area contributed by atoms with Gasteiger partial charge in [-0.25, -0.2) is 13.2 Å². The average Bonchev–Trinajstić information content (AvgIpc) is 2.87. The van der Waals surface area contributed by atoms with Gasteiger partial charge in [-0.05, 0) is 31.5 Å². The van der Waals surface area contributed by atoms with Gasteiger partial charge in [0.05, 0.1) is 17.7 Å². The molecule has 0 bridgehead atoms. The van der Waals surface area contributed by atoms with Crippen LogP contribution in [0.5, 0.6) is 0 Å². The van der Waals surface area contributed by atoms with Gasteiger partial charge in [-0.1, -0.05) is 6.92 Å². The monoisotopic (exact) mass is 296 g/mol. The molecule has 0 aliphatic rings. The molecule has 0 saturated carbocycles. The van der Waals surface area contributed by atoms with Gasteiger partial charge in [-0.2, -0.15) is 5.10 Å². The van der Waals surface area contributed by atoms with Gasteiger partial charge in [-0.3, -0.25) is 9.48 Å². The molecule has 0 N–H and O–H groups in total. The number of carbonyl (C=O) groups excluding carboxylic acids is 1. The van der Waals surface area contributed by atoms with Gasteiger partial charge in [0.25, 0.3) is 0 Å². The number of hydrogen-bond acceptors (Lipinski definition) is 2. The Kier molecular flexibility index (Phi) is 4.45. The molecule has 1 aromatic heterocycles. The summed E-state index contributed by atoms with van der Waals surface area (Å²) in [5.41, 5.74) is 1.00. The minimum Gasteiger partial charge on any atom is -0.294 e. The van der Waals surface area contributed by atoms with E-state index in [0.29, 0.717) is 18.7 Å². The highest BCUT2D eigenvalue weighted by Crippen LogP contribution is 2.18. The lowest BCUT2D eigenvalue weighted by Crippen LogP contribution is -2.12. The van der Waals surface area contributed by atoms with Crippen LogP contribution in [0.3, 0.4) is 0 Å². The number of carbonyl (C=O) groups is 1. The minimum atomic E-state index is -1.63. The van der Waals surface area contributed by atoms with Crippen molar-refractivity contribution in [3.8, 4) is 0 Å². The molecule has 2 rings (SSSR count). The van der Waals surface area contributed by atoms with Crippen molar-refractivity contribution in [2.24, 2.45) is 0 Å². The Balaban J connectivity index is 2.30. The molecule has 21 heavy (non-hydrogen) atoms. The van der Waals surface area contributed by atoms with E-state index in [9.17, 15) is 18.0 Å². The van der Waals surface area contributed by atoms with Crippen LogP contribution in [0, 0.1) is 17.5 Å². The van der Waals surface area contributed by atoms with Crippen molar-refractivity contribution in [2.45, 2.75) is 33.2 Å². The second-order valence-electron chi connectivity index (χ2n) is 4.62. The normalized spacial score (nSPS) is 10.9. The summed E-state index contributed by atoms with van der Waals surface area (Å²) in [5, 5.41) is 4.28. The maximum Gasteiger partial charge on any atom is 0.195 e. The summed E-state index contributed by atoms with van der Waals surface area (Å²) in [4.78, 5) is 12.1. The zero-order chi connectivity index (χ0) is 15.6. The number of ketones is 1. The summed E-state index contributed by atoms with van der Waals surface area (Å²) in [5.74, 6) is -4.99. The Labute approximate surface area is 120 Å². The second kappa shape index (κ2) is 6.11. The van der Waals surface area contributed by atoms with Gasteiger partial charge in [0.2, 0.25) is 0 Å². The summed E-state index contributed by atoms with van der Waals surface area (Å²) >= 11 is 0. The number of Topliss-reactive ketones (excluding diaryl/α,β-unsaturated/α-hetero) is 1. The highest BCUT2D eigenvalue weighted by molar-refractivity contribution is 5.97. The Morgan fingerprint density at radius 2 is 1.90 bits per heavy atom. The molecule has 1 aromatic carbocycles. The Morgan fingerprint density at radius 3 is 2.52 bits per heavy atom. The molecular weight excluding hydrogens is 281 g/mol. The van der Waals surface area contributed by atoms with Crippen LogP contribution < -0.4 is 0 Å². The van der Waals surface area contributed by atoms with Crippen LogP contribution in [0.1, 0.15) is 35.6 Å². The minimum absolute atomic E-state index is 0.108. The maximum absolute atomic E-state index is 13.6. The zero-order valence-corrected chi connectivity index (χ0v) is 11.8. The third-order valence-electron chi connectivity index (χ3n) is 3.25. The average molecular weight is 296 g/mol. The molecule has 0 fully saturated rings. The first-order valence-corrected chi connectivity index (χ1v) is 6.70. The van der Waals surface area contributed by atoms with E-state index < -0.39 is 28.8 Å². The summed E-state index contributed by atoms with van der Waals surface area (Å²) in [6.45, 7) is 4.38. The third kappa shape index (κ3) is 2.99. The molecule has 0 unspecified atom stereocenters. The molecule has 3 nitrogen and oxygen atoms in total. The Morgan fingerprint density at radius 1 is 1.19 bits per heavy atom. The number of halogens is 3. The van der Waals surface area contributed by atoms with Crippen LogP contribution in [0.4, 0.5) is 13.2 Å². The van der Waals surface area contributed by atoms with Crippen molar-refractivity contribution >= 4 is 5.78 Å². The van der Waals surface area contributed by atoms with Gasteiger partial charge in [0.1, 0.15) is 0 Å². The first kappa shape index (κ1) is 15.3. The molecule has 0 saturated heterocycles. The van der Waals surface area contributed by atoms with Crippen LogP contribution in [-0.2, 0) is 19.4 Å². The highest BCUT2D eigenvalue weighted by Gasteiger charge is 2.20. The van der Waals surface area contributed by atoms with Crippen molar-refractivity contribution in [1.29, 1.82) is 0 Å². The van der Waals surface area contributed by atoms with Crippen molar-refractivity contribution in [3.05, 3.63) is 52.6 Å². The smallest absolute Gasteiger partial charge is 0.195 e. The molecule has 0 aliphatic carbocycles.